The zero-order valence-corrected chi connectivity index (χ0v) is 14.2. The van der Waals surface area contributed by atoms with Gasteiger partial charge in [0.05, 0.1) is 11.3 Å². The zero-order valence-electron chi connectivity index (χ0n) is 14.2. The minimum atomic E-state index is -0.557. The van der Waals surface area contributed by atoms with Crippen LogP contribution >= 0.6 is 0 Å². The molecule has 132 valence electrons. The van der Waals surface area contributed by atoms with Crippen molar-refractivity contribution in [2.24, 2.45) is 0 Å². The molecule has 0 unspecified atom stereocenters. The van der Waals surface area contributed by atoms with Crippen molar-refractivity contribution in [1.82, 2.24) is 9.55 Å². The van der Waals surface area contributed by atoms with Gasteiger partial charge in [0.15, 0.2) is 0 Å². The number of anilines is 1. The van der Waals surface area contributed by atoms with Crippen molar-refractivity contribution >= 4 is 17.3 Å². The summed E-state index contributed by atoms with van der Waals surface area (Å²) in [6.07, 6.45) is 3.99. The average molecular weight is 344 g/mol. The van der Waals surface area contributed by atoms with Gasteiger partial charge in [-0.1, -0.05) is 25.5 Å². The molecule has 0 atom stereocenters. The van der Waals surface area contributed by atoms with E-state index in [4.69, 9.17) is 0 Å². The number of nitrogens with one attached hydrogen (secondary N) is 1. The van der Waals surface area contributed by atoms with E-state index in [1.165, 1.54) is 23.0 Å². The van der Waals surface area contributed by atoms with E-state index in [1.807, 2.05) is 0 Å². The molecule has 1 amide bonds. The molecule has 0 aliphatic carbocycles. The lowest BCUT2D eigenvalue weighted by Gasteiger charge is -2.10. The third-order valence-electron chi connectivity index (χ3n) is 3.75. The number of hydrogen-bond donors (Lipinski definition) is 1. The summed E-state index contributed by atoms with van der Waals surface area (Å²) in [7, 11) is 0. The van der Waals surface area contributed by atoms with E-state index in [0.29, 0.717) is 17.7 Å². The molecule has 8 heteroatoms. The topological polar surface area (TPSA) is 107 Å². The van der Waals surface area contributed by atoms with E-state index in [2.05, 4.69) is 17.2 Å². The number of carbonyl (C=O) groups excluding carboxylic acids is 1. The molecule has 1 heterocycles. The largest absolute Gasteiger partial charge is 0.319 e. The Bertz CT molecular complexity index is 845. The lowest BCUT2D eigenvalue weighted by Crippen LogP contribution is -2.28. The molecule has 0 bridgehead atoms. The van der Waals surface area contributed by atoms with Crippen LogP contribution in [0.5, 0.6) is 0 Å². The van der Waals surface area contributed by atoms with Gasteiger partial charge in [-0.15, -0.1) is 0 Å². The molecule has 0 radical (unpaired) electrons. The number of nitro benzene ring substituents is 1. The first kappa shape index (κ1) is 18.3. The maximum atomic E-state index is 12.2. The van der Waals surface area contributed by atoms with E-state index >= 15 is 0 Å². The van der Waals surface area contributed by atoms with Crippen molar-refractivity contribution in [2.75, 3.05) is 5.32 Å². The molecule has 1 aromatic carbocycles. The first-order chi connectivity index (χ1) is 11.9. The van der Waals surface area contributed by atoms with Crippen molar-refractivity contribution in [3.8, 4) is 0 Å². The van der Waals surface area contributed by atoms with E-state index in [1.54, 1.807) is 19.1 Å². The Morgan fingerprint density at radius 2 is 2.16 bits per heavy atom. The highest BCUT2D eigenvalue weighted by atomic mass is 16.6. The van der Waals surface area contributed by atoms with Gasteiger partial charge in [0.25, 0.3) is 11.2 Å². The summed E-state index contributed by atoms with van der Waals surface area (Å²) in [6.45, 7) is 3.46. The number of nitrogens with zero attached hydrogens (tertiary/aromatic N) is 3. The molecule has 8 nitrogen and oxygen atoms in total. The zero-order chi connectivity index (χ0) is 18.4. The molecule has 0 aliphatic heterocycles. The first-order valence-electron chi connectivity index (χ1n) is 8.01. The number of amides is 1. The number of unbranched alkanes of at least 4 members (excludes halogenated alkanes) is 1. The molecule has 0 spiro atoms. The highest BCUT2D eigenvalue weighted by molar-refractivity contribution is 5.93. The van der Waals surface area contributed by atoms with Crippen molar-refractivity contribution in [1.29, 1.82) is 0 Å². The SMILES string of the molecule is CCCCc1cc(=O)n(CC(=O)Nc2c(C)cccc2[N+](=O)[O-])cn1. The van der Waals surface area contributed by atoms with Gasteiger partial charge in [-0.3, -0.25) is 24.3 Å². The first-order valence-corrected chi connectivity index (χ1v) is 8.01. The molecular formula is C17H20N4O4. The summed E-state index contributed by atoms with van der Waals surface area (Å²) in [5, 5.41) is 13.6. The van der Waals surface area contributed by atoms with E-state index in [0.717, 1.165) is 12.8 Å². The lowest BCUT2D eigenvalue weighted by atomic mass is 10.1. The molecule has 2 aromatic rings. The summed E-state index contributed by atoms with van der Waals surface area (Å²) in [5.74, 6) is -0.525. The summed E-state index contributed by atoms with van der Waals surface area (Å²) < 4.78 is 1.18. The highest BCUT2D eigenvalue weighted by Crippen LogP contribution is 2.27. The molecule has 1 N–H and O–H groups in total. The Balaban J connectivity index is 2.14. The Hall–Kier alpha value is -3.03. The van der Waals surface area contributed by atoms with Crippen LogP contribution < -0.4 is 10.9 Å². The third-order valence-corrected chi connectivity index (χ3v) is 3.75. The van der Waals surface area contributed by atoms with Crippen LogP contribution in [0.25, 0.3) is 0 Å². The minimum Gasteiger partial charge on any atom is -0.319 e. The second-order valence-corrected chi connectivity index (χ2v) is 5.72. The molecule has 0 saturated heterocycles. The molecule has 25 heavy (non-hydrogen) atoms. The average Bonchev–Trinajstić information content (AvgIpc) is 2.56. The fourth-order valence-corrected chi connectivity index (χ4v) is 2.38. The van der Waals surface area contributed by atoms with Crippen LogP contribution in [0.15, 0.2) is 35.4 Å². The summed E-state index contributed by atoms with van der Waals surface area (Å²) >= 11 is 0. The van der Waals surface area contributed by atoms with Crippen LogP contribution in [0.4, 0.5) is 11.4 Å². The molecule has 0 aliphatic rings. The minimum absolute atomic E-state index is 0.137. The van der Waals surface area contributed by atoms with Crippen LogP contribution in [0.1, 0.15) is 31.0 Å². The number of benzene rings is 1. The lowest BCUT2D eigenvalue weighted by molar-refractivity contribution is -0.384. The van der Waals surface area contributed by atoms with Crippen molar-refractivity contribution in [2.45, 2.75) is 39.7 Å². The van der Waals surface area contributed by atoms with Crippen molar-refractivity contribution in [3.05, 3.63) is 62.3 Å². The van der Waals surface area contributed by atoms with Crippen LogP contribution in [0.3, 0.4) is 0 Å². The number of aryl methyl sites for hydroxylation is 2. The normalized spacial score (nSPS) is 10.5. The second-order valence-electron chi connectivity index (χ2n) is 5.72. The second kappa shape index (κ2) is 8.18. The van der Waals surface area contributed by atoms with E-state index in [-0.39, 0.29) is 23.5 Å². The van der Waals surface area contributed by atoms with Crippen molar-refractivity contribution in [3.63, 3.8) is 0 Å². The quantitative estimate of drug-likeness (QED) is 0.613. The number of rotatable bonds is 7. The number of aromatic nitrogens is 2. The van der Waals surface area contributed by atoms with Gasteiger partial charge >= 0.3 is 0 Å². The predicted octanol–water partition coefficient (Wildman–Crippen LogP) is 2.44. The predicted molar refractivity (Wildman–Crippen MR) is 93.6 cm³/mol. The fraction of sp³-hybridized carbons (Fsp3) is 0.353. The summed E-state index contributed by atoms with van der Waals surface area (Å²) in [4.78, 5) is 39.0. The number of carbonyl (C=O) groups is 1. The van der Waals surface area contributed by atoms with Gasteiger partial charge in [0.1, 0.15) is 12.2 Å². The van der Waals surface area contributed by atoms with Gasteiger partial charge in [0, 0.05) is 17.8 Å². The molecular weight excluding hydrogens is 324 g/mol. The smallest absolute Gasteiger partial charge is 0.293 e. The fourth-order valence-electron chi connectivity index (χ4n) is 2.38. The van der Waals surface area contributed by atoms with Crippen LogP contribution in [0, 0.1) is 17.0 Å². The van der Waals surface area contributed by atoms with E-state index < -0.39 is 10.8 Å². The Morgan fingerprint density at radius 1 is 1.40 bits per heavy atom. The van der Waals surface area contributed by atoms with Crippen LogP contribution in [-0.2, 0) is 17.8 Å². The number of nitro groups is 1. The monoisotopic (exact) mass is 344 g/mol. The van der Waals surface area contributed by atoms with Crippen LogP contribution in [0.2, 0.25) is 0 Å². The number of para-hydroxylation sites is 1. The Kier molecular flexibility index (Phi) is 5.99. The van der Waals surface area contributed by atoms with Crippen LogP contribution in [-0.4, -0.2) is 20.4 Å². The molecule has 0 saturated carbocycles. The maximum Gasteiger partial charge on any atom is 0.293 e. The third kappa shape index (κ3) is 4.72. The summed E-state index contributed by atoms with van der Waals surface area (Å²) in [5.41, 5.74) is 0.892. The molecule has 2 rings (SSSR count). The summed E-state index contributed by atoms with van der Waals surface area (Å²) in [6, 6.07) is 5.95. The van der Waals surface area contributed by atoms with E-state index in [9.17, 15) is 19.7 Å². The van der Waals surface area contributed by atoms with Crippen molar-refractivity contribution < 1.29 is 9.72 Å². The van der Waals surface area contributed by atoms with Gasteiger partial charge in [-0.2, -0.15) is 0 Å². The molecule has 1 aromatic heterocycles. The maximum absolute atomic E-state index is 12.2. The molecule has 0 fully saturated rings. The van der Waals surface area contributed by atoms with Gasteiger partial charge in [0.2, 0.25) is 5.91 Å². The number of hydrogen-bond acceptors (Lipinski definition) is 5. The van der Waals surface area contributed by atoms with Gasteiger partial charge in [-0.25, -0.2) is 4.98 Å². The van der Waals surface area contributed by atoms with Gasteiger partial charge < -0.3 is 5.32 Å². The standard InChI is InChI=1S/C17H20N4O4/c1-3-4-7-13-9-16(23)20(11-18-13)10-15(22)19-17-12(2)6-5-8-14(17)21(24)25/h5-6,8-9,11H,3-4,7,10H2,1-2H3,(H,19,22). The highest BCUT2D eigenvalue weighted by Gasteiger charge is 2.18. The Labute approximate surface area is 144 Å². The van der Waals surface area contributed by atoms with Gasteiger partial charge in [-0.05, 0) is 25.3 Å². The Morgan fingerprint density at radius 3 is 2.80 bits per heavy atom.